The van der Waals surface area contributed by atoms with Crippen molar-refractivity contribution in [3.63, 3.8) is 0 Å². The molecule has 0 spiro atoms. The summed E-state index contributed by atoms with van der Waals surface area (Å²) in [5.41, 5.74) is 1.54. The van der Waals surface area contributed by atoms with Crippen LogP contribution < -0.4 is 0 Å². The standard InChI is InChI=1S/C15H8ClF2NO/c16-11-7-19(10-4-5-12(17)13(18)6-10)14-3-1-2-9(8-20)15(11)14/h1-8H. The molecule has 3 aromatic rings. The lowest BCUT2D eigenvalue weighted by Crippen LogP contribution is -1.94. The largest absolute Gasteiger partial charge is 0.315 e. The van der Waals surface area contributed by atoms with E-state index >= 15 is 0 Å². The van der Waals surface area contributed by atoms with Gasteiger partial charge in [0.15, 0.2) is 17.9 Å². The Morgan fingerprint density at radius 3 is 2.60 bits per heavy atom. The van der Waals surface area contributed by atoms with Crippen LogP contribution in [-0.2, 0) is 0 Å². The van der Waals surface area contributed by atoms with Gasteiger partial charge in [-0.05, 0) is 18.2 Å². The molecule has 0 radical (unpaired) electrons. The van der Waals surface area contributed by atoms with E-state index in [9.17, 15) is 13.6 Å². The molecule has 2 aromatic carbocycles. The van der Waals surface area contributed by atoms with Gasteiger partial charge in [0.05, 0.1) is 10.5 Å². The highest BCUT2D eigenvalue weighted by Gasteiger charge is 2.13. The van der Waals surface area contributed by atoms with Crippen molar-refractivity contribution in [2.75, 3.05) is 0 Å². The van der Waals surface area contributed by atoms with Crippen LogP contribution in [0, 0.1) is 11.6 Å². The number of rotatable bonds is 2. The van der Waals surface area contributed by atoms with E-state index in [4.69, 9.17) is 11.6 Å². The quantitative estimate of drug-likeness (QED) is 0.642. The molecule has 0 saturated carbocycles. The third kappa shape index (κ3) is 1.89. The zero-order valence-corrected chi connectivity index (χ0v) is 10.9. The van der Waals surface area contributed by atoms with Gasteiger partial charge in [-0.3, -0.25) is 4.79 Å². The van der Waals surface area contributed by atoms with Crippen LogP contribution in [0.2, 0.25) is 5.02 Å². The van der Waals surface area contributed by atoms with Crippen LogP contribution in [0.1, 0.15) is 10.4 Å². The molecule has 0 atom stereocenters. The fourth-order valence-electron chi connectivity index (χ4n) is 2.21. The number of benzene rings is 2. The van der Waals surface area contributed by atoms with Gasteiger partial charge in [0, 0.05) is 28.9 Å². The third-order valence-corrected chi connectivity index (χ3v) is 3.41. The zero-order valence-electron chi connectivity index (χ0n) is 10.1. The van der Waals surface area contributed by atoms with Crippen LogP contribution >= 0.6 is 11.6 Å². The van der Waals surface area contributed by atoms with Crippen molar-refractivity contribution >= 4 is 28.8 Å². The summed E-state index contributed by atoms with van der Waals surface area (Å²) in [7, 11) is 0. The van der Waals surface area contributed by atoms with E-state index in [1.54, 1.807) is 29.0 Å². The number of aromatic nitrogens is 1. The average Bonchev–Trinajstić information content (AvgIpc) is 2.79. The molecule has 0 aliphatic heterocycles. The van der Waals surface area contributed by atoms with Crippen LogP contribution in [0.25, 0.3) is 16.6 Å². The number of aldehydes is 1. The van der Waals surface area contributed by atoms with E-state index in [1.165, 1.54) is 6.07 Å². The molecule has 5 heteroatoms. The summed E-state index contributed by atoms with van der Waals surface area (Å²) in [5, 5.41) is 0.973. The number of carbonyl (C=O) groups is 1. The highest BCUT2D eigenvalue weighted by atomic mass is 35.5. The van der Waals surface area contributed by atoms with Crippen LogP contribution in [0.15, 0.2) is 42.6 Å². The van der Waals surface area contributed by atoms with Gasteiger partial charge in [-0.2, -0.15) is 0 Å². The Hall–Kier alpha value is -2.20. The van der Waals surface area contributed by atoms with E-state index < -0.39 is 11.6 Å². The minimum atomic E-state index is -0.938. The lowest BCUT2D eigenvalue weighted by Gasteiger charge is -2.06. The van der Waals surface area contributed by atoms with Crippen LogP contribution in [-0.4, -0.2) is 10.9 Å². The summed E-state index contributed by atoms with van der Waals surface area (Å²) in [6.45, 7) is 0. The second kappa shape index (κ2) is 4.72. The lowest BCUT2D eigenvalue weighted by atomic mass is 10.1. The predicted octanol–water partition coefficient (Wildman–Crippen LogP) is 4.37. The van der Waals surface area contributed by atoms with Crippen molar-refractivity contribution < 1.29 is 13.6 Å². The van der Waals surface area contributed by atoms with E-state index in [1.807, 2.05) is 0 Å². The van der Waals surface area contributed by atoms with Crippen molar-refractivity contribution in [2.45, 2.75) is 0 Å². The monoisotopic (exact) mass is 291 g/mol. The molecule has 0 saturated heterocycles. The maximum absolute atomic E-state index is 13.3. The van der Waals surface area contributed by atoms with E-state index in [0.717, 1.165) is 12.1 Å². The van der Waals surface area contributed by atoms with Gasteiger partial charge in [-0.1, -0.05) is 23.7 Å². The number of halogens is 3. The number of nitrogens with zero attached hydrogens (tertiary/aromatic N) is 1. The molecule has 0 N–H and O–H groups in total. The first-order valence-corrected chi connectivity index (χ1v) is 6.20. The van der Waals surface area contributed by atoms with E-state index in [0.29, 0.717) is 33.5 Å². The van der Waals surface area contributed by atoms with Crippen molar-refractivity contribution in [1.82, 2.24) is 4.57 Å². The molecule has 0 unspecified atom stereocenters. The summed E-state index contributed by atoms with van der Waals surface area (Å²) in [6, 6.07) is 8.69. The minimum absolute atomic E-state index is 0.382. The highest BCUT2D eigenvalue weighted by molar-refractivity contribution is 6.36. The molecular formula is C15H8ClF2NO. The van der Waals surface area contributed by atoms with Gasteiger partial charge < -0.3 is 4.57 Å². The second-order valence-electron chi connectivity index (χ2n) is 4.30. The second-order valence-corrected chi connectivity index (χ2v) is 4.71. The Bertz CT molecular complexity index is 826. The topological polar surface area (TPSA) is 22.0 Å². The predicted molar refractivity (Wildman–Crippen MR) is 73.6 cm³/mol. The molecule has 1 heterocycles. The smallest absolute Gasteiger partial charge is 0.160 e. The number of hydrogen-bond donors (Lipinski definition) is 0. The molecule has 0 fully saturated rings. The van der Waals surface area contributed by atoms with E-state index in [-0.39, 0.29) is 0 Å². The average molecular weight is 292 g/mol. The molecule has 20 heavy (non-hydrogen) atoms. The first-order valence-electron chi connectivity index (χ1n) is 5.82. The zero-order chi connectivity index (χ0) is 14.3. The first kappa shape index (κ1) is 12.8. The first-order chi connectivity index (χ1) is 9.61. The summed E-state index contributed by atoms with van der Waals surface area (Å²) >= 11 is 6.14. The van der Waals surface area contributed by atoms with Gasteiger partial charge in [0.2, 0.25) is 0 Å². The van der Waals surface area contributed by atoms with E-state index in [2.05, 4.69) is 0 Å². The van der Waals surface area contributed by atoms with Crippen LogP contribution in [0.5, 0.6) is 0 Å². The van der Waals surface area contributed by atoms with Crippen molar-refractivity contribution in [2.24, 2.45) is 0 Å². The van der Waals surface area contributed by atoms with Gasteiger partial charge in [-0.25, -0.2) is 8.78 Å². The highest BCUT2D eigenvalue weighted by Crippen LogP contribution is 2.31. The molecular weight excluding hydrogens is 284 g/mol. The summed E-state index contributed by atoms with van der Waals surface area (Å²) < 4.78 is 28.0. The molecule has 3 rings (SSSR count). The minimum Gasteiger partial charge on any atom is -0.315 e. The van der Waals surface area contributed by atoms with Crippen molar-refractivity contribution in [3.05, 3.63) is 64.8 Å². The summed E-state index contributed by atoms with van der Waals surface area (Å²) in [4.78, 5) is 11.0. The van der Waals surface area contributed by atoms with Gasteiger partial charge >= 0.3 is 0 Å². The Labute approximate surface area is 118 Å². The number of hydrogen-bond acceptors (Lipinski definition) is 1. The van der Waals surface area contributed by atoms with Crippen molar-refractivity contribution in [3.8, 4) is 5.69 Å². The maximum atomic E-state index is 13.3. The fraction of sp³-hybridized carbons (Fsp3) is 0. The SMILES string of the molecule is O=Cc1cccc2c1c(Cl)cn2-c1ccc(F)c(F)c1. The van der Waals surface area contributed by atoms with Crippen molar-refractivity contribution in [1.29, 1.82) is 0 Å². The van der Waals surface area contributed by atoms with Gasteiger partial charge in [0.25, 0.3) is 0 Å². The molecule has 0 amide bonds. The number of carbonyl (C=O) groups excluding carboxylic acids is 1. The Balaban J connectivity index is 2.32. The fourth-order valence-corrected chi connectivity index (χ4v) is 2.52. The third-order valence-electron chi connectivity index (χ3n) is 3.12. The molecule has 2 nitrogen and oxygen atoms in total. The Morgan fingerprint density at radius 1 is 1.10 bits per heavy atom. The molecule has 0 aliphatic rings. The normalized spacial score (nSPS) is 10.9. The van der Waals surface area contributed by atoms with Crippen LogP contribution in [0.4, 0.5) is 8.78 Å². The lowest BCUT2D eigenvalue weighted by molar-refractivity contribution is 0.112. The maximum Gasteiger partial charge on any atom is 0.160 e. The van der Waals surface area contributed by atoms with Gasteiger partial charge in [0.1, 0.15) is 0 Å². The molecule has 1 aromatic heterocycles. The molecule has 0 bridgehead atoms. The Morgan fingerprint density at radius 2 is 1.90 bits per heavy atom. The number of fused-ring (bicyclic) bond motifs is 1. The molecule has 100 valence electrons. The van der Waals surface area contributed by atoms with Gasteiger partial charge in [-0.15, -0.1) is 0 Å². The molecule has 0 aliphatic carbocycles. The van der Waals surface area contributed by atoms with Crippen LogP contribution in [0.3, 0.4) is 0 Å². The summed E-state index contributed by atoms with van der Waals surface area (Å²) in [6.07, 6.45) is 2.29. The Kier molecular flexibility index (Phi) is 3.03. The summed E-state index contributed by atoms with van der Waals surface area (Å²) in [5.74, 6) is -1.85.